The fraction of sp³-hybridized carbons (Fsp3) is 0.500. The zero-order chi connectivity index (χ0) is 13.4. The van der Waals surface area contributed by atoms with Crippen LogP contribution in [0.25, 0.3) is 0 Å². The number of hydrogen-bond acceptors (Lipinski definition) is 5. The lowest BCUT2D eigenvalue weighted by Crippen LogP contribution is -2.52. The van der Waals surface area contributed by atoms with Crippen molar-refractivity contribution in [3.8, 4) is 0 Å². The predicted molar refractivity (Wildman–Crippen MR) is 76.6 cm³/mol. The van der Waals surface area contributed by atoms with Crippen molar-refractivity contribution in [1.82, 2.24) is 14.8 Å². The number of nitrogens with one attached hydrogen (secondary N) is 1. The number of fused-ring (bicyclic) bond motifs is 1. The van der Waals surface area contributed by atoms with E-state index >= 15 is 0 Å². The van der Waals surface area contributed by atoms with E-state index < -0.39 is 0 Å². The number of aromatic nitrogens is 1. The predicted octanol–water partition coefficient (Wildman–Crippen LogP) is 1.35. The minimum atomic E-state index is -0.202. The number of amides is 1. The van der Waals surface area contributed by atoms with Crippen molar-refractivity contribution in [3.05, 3.63) is 17.3 Å². The lowest BCUT2D eigenvalue weighted by atomic mass is 10.3. The molecule has 3 rings (SSSR count). The van der Waals surface area contributed by atoms with Crippen LogP contribution in [0.1, 0.15) is 0 Å². The number of anilines is 1. The molecule has 0 radical (unpaired) electrons. The summed E-state index contributed by atoms with van der Waals surface area (Å²) < 4.78 is 0. The van der Waals surface area contributed by atoms with Gasteiger partial charge >= 0.3 is 0 Å². The molecule has 1 unspecified atom stereocenters. The number of likely N-dealkylation sites (N-methyl/N-ethyl adjacent to an activating group) is 1. The van der Waals surface area contributed by atoms with Crippen molar-refractivity contribution < 1.29 is 4.79 Å². The third-order valence-electron chi connectivity index (χ3n) is 3.40. The van der Waals surface area contributed by atoms with Crippen LogP contribution in [0.2, 0.25) is 5.15 Å². The molecule has 0 spiro atoms. The molecule has 102 valence electrons. The van der Waals surface area contributed by atoms with Crippen LogP contribution in [-0.2, 0) is 4.79 Å². The van der Waals surface area contributed by atoms with Gasteiger partial charge < -0.3 is 10.2 Å². The summed E-state index contributed by atoms with van der Waals surface area (Å²) in [6.07, 6.45) is 0. The highest BCUT2D eigenvalue weighted by Crippen LogP contribution is 2.36. The van der Waals surface area contributed by atoms with Gasteiger partial charge in [-0.05, 0) is 19.2 Å². The van der Waals surface area contributed by atoms with Crippen molar-refractivity contribution >= 4 is 35.0 Å². The molecule has 1 N–H and O–H groups in total. The van der Waals surface area contributed by atoms with Crippen molar-refractivity contribution in [3.63, 3.8) is 0 Å². The van der Waals surface area contributed by atoms with E-state index in [4.69, 9.17) is 11.6 Å². The largest absolute Gasteiger partial charge is 0.322 e. The third-order valence-corrected chi connectivity index (χ3v) is 4.88. The van der Waals surface area contributed by atoms with Gasteiger partial charge in [0.1, 0.15) is 15.6 Å². The van der Waals surface area contributed by atoms with Crippen LogP contribution in [0.4, 0.5) is 5.69 Å². The van der Waals surface area contributed by atoms with Gasteiger partial charge in [0.25, 0.3) is 5.91 Å². The molecule has 5 nitrogen and oxygen atoms in total. The highest BCUT2D eigenvalue weighted by atomic mass is 35.5. The van der Waals surface area contributed by atoms with Gasteiger partial charge in [0, 0.05) is 26.2 Å². The quantitative estimate of drug-likeness (QED) is 0.793. The molecule has 3 heterocycles. The van der Waals surface area contributed by atoms with Gasteiger partial charge in [-0.3, -0.25) is 9.69 Å². The Morgan fingerprint density at radius 3 is 2.84 bits per heavy atom. The molecular formula is C12H15ClN4OS. The van der Waals surface area contributed by atoms with Crippen LogP contribution in [0.5, 0.6) is 0 Å². The first-order valence-corrected chi connectivity index (χ1v) is 7.46. The Labute approximate surface area is 121 Å². The molecule has 1 saturated heterocycles. The first-order valence-electron chi connectivity index (χ1n) is 6.20. The van der Waals surface area contributed by atoms with Gasteiger partial charge in [0.2, 0.25) is 0 Å². The lowest BCUT2D eigenvalue weighted by Gasteiger charge is -2.38. The van der Waals surface area contributed by atoms with E-state index in [0.717, 1.165) is 36.9 Å². The molecule has 0 saturated carbocycles. The molecule has 2 aliphatic rings. The number of rotatable bonds is 1. The molecular weight excluding hydrogens is 284 g/mol. The summed E-state index contributed by atoms with van der Waals surface area (Å²) in [5.41, 5.74) is 0.754. The van der Waals surface area contributed by atoms with Crippen molar-refractivity contribution in [1.29, 1.82) is 0 Å². The Hall–Kier alpha value is -0.820. The van der Waals surface area contributed by atoms with E-state index in [1.165, 1.54) is 11.8 Å². The maximum absolute atomic E-state index is 12.2. The average Bonchev–Trinajstić information content (AvgIpc) is 2.40. The highest BCUT2D eigenvalue weighted by Gasteiger charge is 2.34. The van der Waals surface area contributed by atoms with Crippen LogP contribution in [0, 0.1) is 0 Å². The average molecular weight is 299 g/mol. The normalized spacial score (nSPS) is 24.9. The second-order valence-electron chi connectivity index (χ2n) is 4.79. The second-order valence-corrected chi connectivity index (χ2v) is 6.24. The third kappa shape index (κ3) is 2.72. The SMILES string of the molecule is CN1CCN(C2Sc3nc(Cl)ccc3NC2=O)CC1. The Kier molecular flexibility index (Phi) is 3.66. The maximum atomic E-state index is 12.2. The van der Waals surface area contributed by atoms with Crippen molar-refractivity contribution in [2.24, 2.45) is 0 Å². The number of pyridine rings is 1. The lowest BCUT2D eigenvalue weighted by molar-refractivity contribution is -0.119. The van der Waals surface area contributed by atoms with Crippen LogP contribution in [0.3, 0.4) is 0 Å². The minimum Gasteiger partial charge on any atom is -0.322 e. The molecule has 1 atom stereocenters. The number of carbonyl (C=O) groups is 1. The molecule has 19 heavy (non-hydrogen) atoms. The summed E-state index contributed by atoms with van der Waals surface area (Å²) in [4.78, 5) is 20.9. The van der Waals surface area contributed by atoms with E-state index in [2.05, 4.69) is 27.1 Å². The highest BCUT2D eigenvalue weighted by molar-refractivity contribution is 8.00. The summed E-state index contributed by atoms with van der Waals surface area (Å²) >= 11 is 7.40. The van der Waals surface area contributed by atoms with Gasteiger partial charge in [0.05, 0.1) is 5.69 Å². The van der Waals surface area contributed by atoms with Gasteiger partial charge in [-0.2, -0.15) is 0 Å². The Balaban J connectivity index is 1.79. The van der Waals surface area contributed by atoms with E-state index in [1.54, 1.807) is 12.1 Å². The number of halogens is 1. The van der Waals surface area contributed by atoms with Crippen LogP contribution in [-0.4, -0.2) is 59.3 Å². The molecule has 1 aromatic heterocycles. The van der Waals surface area contributed by atoms with Crippen molar-refractivity contribution in [2.75, 3.05) is 38.5 Å². The Morgan fingerprint density at radius 2 is 2.11 bits per heavy atom. The molecule has 1 amide bonds. The minimum absolute atomic E-state index is 0.0335. The monoisotopic (exact) mass is 298 g/mol. The van der Waals surface area contributed by atoms with Crippen LogP contribution in [0.15, 0.2) is 17.2 Å². The van der Waals surface area contributed by atoms with Gasteiger partial charge in [0.15, 0.2) is 0 Å². The van der Waals surface area contributed by atoms with Gasteiger partial charge in [-0.1, -0.05) is 23.4 Å². The van der Waals surface area contributed by atoms with E-state index in [0.29, 0.717) is 5.15 Å². The summed E-state index contributed by atoms with van der Waals surface area (Å²) in [5, 5.41) is 3.97. The summed E-state index contributed by atoms with van der Waals surface area (Å²) in [7, 11) is 2.10. The van der Waals surface area contributed by atoms with Crippen molar-refractivity contribution in [2.45, 2.75) is 10.4 Å². The second kappa shape index (κ2) is 5.28. The molecule has 0 aromatic carbocycles. The van der Waals surface area contributed by atoms with E-state index in [9.17, 15) is 4.79 Å². The standard InChI is InChI=1S/C12H15ClN4OS/c1-16-4-6-17(7-5-16)12-10(18)14-8-2-3-9(13)15-11(8)19-12/h2-3,12H,4-7H2,1H3,(H,14,18). The molecule has 2 aliphatic heterocycles. The van der Waals surface area contributed by atoms with Crippen LogP contribution >= 0.6 is 23.4 Å². The van der Waals surface area contributed by atoms with E-state index in [-0.39, 0.29) is 11.3 Å². The summed E-state index contributed by atoms with van der Waals surface area (Å²) in [6, 6.07) is 3.49. The fourth-order valence-electron chi connectivity index (χ4n) is 2.25. The number of thioether (sulfide) groups is 1. The van der Waals surface area contributed by atoms with E-state index in [1.807, 2.05) is 0 Å². The smallest absolute Gasteiger partial charge is 0.252 e. The topological polar surface area (TPSA) is 48.5 Å². The summed E-state index contributed by atoms with van der Waals surface area (Å²) in [5.74, 6) is 0.0335. The molecule has 7 heteroatoms. The molecule has 1 fully saturated rings. The maximum Gasteiger partial charge on any atom is 0.252 e. The Morgan fingerprint density at radius 1 is 1.37 bits per heavy atom. The zero-order valence-corrected chi connectivity index (χ0v) is 12.2. The van der Waals surface area contributed by atoms with Gasteiger partial charge in [-0.25, -0.2) is 4.98 Å². The first kappa shape index (κ1) is 13.2. The summed E-state index contributed by atoms with van der Waals surface area (Å²) in [6.45, 7) is 3.77. The molecule has 1 aromatic rings. The number of piperazine rings is 1. The van der Waals surface area contributed by atoms with Crippen LogP contribution < -0.4 is 5.32 Å². The number of carbonyl (C=O) groups excluding carboxylic acids is 1. The number of hydrogen-bond donors (Lipinski definition) is 1. The first-order chi connectivity index (χ1) is 9.13. The Bertz CT molecular complexity index is 505. The van der Waals surface area contributed by atoms with Gasteiger partial charge in [-0.15, -0.1) is 0 Å². The molecule has 0 bridgehead atoms. The fourth-order valence-corrected chi connectivity index (χ4v) is 3.59. The molecule has 0 aliphatic carbocycles. The number of nitrogens with zero attached hydrogens (tertiary/aromatic N) is 3. The zero-order valence-electron chi connectivity index (χ0n) is 10.6.